The molecule has 0 saturated heterocycles. The Kier molecular flexibility index (Phi) is 7.85. The quantitative estimate of drug-likeness (QED) is 0.186. The lowest BCUT2D eigenvalue weighted by atomic mass is 9.73. The van der Waals surface area contributed by atoms with E-state index in [0.717, 1.165) is 31.8 Å². The highest BCUT2D eigenvalue weighted by Gasteiger charge is 2.31. The van der Waals surface area contributed by atoms with Crippen LogP contribution in [0.1, 0.15) is 64.2 Å². The summed E-state index contributed by atoms with van der Waals surface area (Å²) in [6, 6.07) is 0. The van der Waals surface area contributed by atoms with Gasteiger partial charge in [-0.1, -0.05) is 47.6 Å². The fraction of sp³-hybridized carbons (Fsp3) is 0.824. The third-order valence-corrected chi connectivity index (χ3v) is 7.23. The monoisotopic (exact) mass is 499 g/mol. The standard InChI is InChI=1S/C17H27I2N/c18-16-8-4-7-14(10-12-17(19)20)15(16)11-9-13-5-2-1-3-6-13/h1-2,13-16,20H,3-12H2. The van der Waals surface area contributed by atoms with E-state index in [9.17, 15) is 0 Å². The highest BCUT2D eigenvalue weighted by Crippen LogP contribution is 2.41. The topological polar surface area (TPSA) is 23.9 Å². The van der Waals surface area contributed by atoms with Crippen LogP contribution >= 0.6 is 45.2 Å². The Morgan fingerprint density at radius 1 is 1.10 bits per heavy atom. The van der Waals surface area contributed by atoms with Gasteiger partial charge in [0.2, 0.25) is 0 Å². The van der Waals surface area contributed by atoms with Crippen molar-refractivity contribution in [2.24, 2.45) is 17.8 Å². The lowest BCUT2D eigenvalue weighted by molar-refractivity contribution is 0.213. The summed E-state index contributed by atoms with van der Waals surface area (Å²) < 4.78 is 1.73. The molecule has 0 aromatic carbocycles. The maximum atomic E-state index is 7.67. The Bertz CT molecular complexity index is 340. The van der Waals surface area contributed by atoms with E-state index in [4.69, 9.17) is 5.41 Å². The van der Waals surface area contributed by atoms with Gasteiger partial charge in [-0.25, -0.2) is 0 Å². The Labute approximate surface area is 151 Å². The molecule has 114 valence electrons. The van der Waals surface area contributed by atoms with E-state index in [1.165, 1.54) is 57.8 Å². The molecule has 0 bridgehead atoms. The average molecular weight is 499 g/mol. The van der Waals surface area contributed by atoms with Crippen molar-refractivity contribution in [3.63, 3.8) is 0 Å². The largest absolute Gasteiger partial charge is 0.299 e. The van der Waals surface area contributed by atoms with Crippen molar-refractivity contribution in [1.29, 1.82) is 5.41 Å². The van der Waals surface area contributed by atoms with Crippen molar-refractivity contribution in [3.05, 3.63) is 12.2 Å². The van der Waals surface area contributed by atoms with Gasteiger partial charge < -0.3 is 0 Å². The molecule has 0 aliphatic heterocycles. The van der Waals surface area contributed by atoms with Crippen LogP contribution in [0.2, 0.25) is 0 Å². The van der Waals surface area contributed by atoms with Crippen molar-refractivity contribution in [2.75, 3.05) is 0 Å². The Balaban J connectivity index is 1.83. The van der Waals surface area contributed by atoms with Crippen LogP contribution in [0.4, 0.5) is 0 Å². The zero-order valence-electron chi connectivity index (χ0n) is 12.3. The van der Waals surface area contributed by atoms with Crippen LogP contribution in [-0.2, 0) is 0 Å². The Morgan fingerprint density at radius 2 is 1.95 bits per heavy atom. The predicted molar refractivity (Wildman–Crippen MR) is 105 cm³/mol. The summed E-state index contributed by atoms with van der Waals surface area (Å²) in [5, 5.41) is 7.67. The molecular weight excluding hydrogens is 472 g/mol. The number of rotatable bonds is 6. The van der Waals surface area contributed by atoms with Gasteiger partial charge in [0.1, 0.15) is 0 Å². The minimum Gasteiger partial charge on any atom is -0.299 e. The van der Waals surface area contributed by atoms with E-state index in [1.807, 2.05) is 0 Å². The first-order valence-electron chi connectivity index (χ1n) is 8.18. The van der Waals surface area contributed by atoms with Crippen molar-refractivity contribution < 1.29 is 0 Å². The number of alkyl halides is 1. The summed E-state index contributed by atoms with van der Waals surface area (Å²) in [6.07, 6.45) is 18.2. The lowest BCUT2D eigenvalue weighted by Crippen LogP contribution is -2.29. The van der Waals surface area contributed by atoms with Crippen LogP contribution in [0.15, 0.2) is 12.2 Å². The zero-order valence-corrected chi connectivity index (χ0v) is 16.6. The fourth-order valence-electron chi connectivity index (χ4n) is 3.93. The van der Waals surface area contributed by atoms with Crippen LogP contribution in [-0.4, -0.2) is 7.64 Å². The molecule has 0 aromatic rings. The summed E-state index contributed by atoms with van der Waals surface area (Å²) in [5.74, 6) is 2.76. The first-order valence-corrected chi connectivity index (χ1v) is 10.5. The minimum absolute atomic E-state index is 0.842. The van der Waals surface area contributed by atoms with Gasteiger partial charge in [-0.15, -0.1) is 0 Å². The minimum atomic E-state index is 0.842. The zero-order chi connectivity index (χ0) is 14.4. The smallest absolute Gasteiger partial charge is 0.0694 e. The van der Waals surface area contributed by atoms with Gasteiger partial charge in [0.25, 0.3) is 0 Å². The number of hydrogen-bond acceptors (Lipinski definition) is 1. The molecule has 3 heteroatoms. The summed E-state index contributed by atoms with van der Waals surface area (Å²) in [5.41, 5.74) is 0. The van der Waals surface area contributed by atoms with E-state index in [1.54, 1.807) is 0 Å². The molecule has 0 aromatic heterocycles. The van der Waals surface area contributed by atoms with Crippen LogP contribution in [0.5, 0.6) is 0 Å². The molecule has 2 aliphatic rings. The highest BCUT2D eigenvalue weighted by molar-refractivity contribution is 14.1. The summed E-state index contributed by atoms with van der Waals surface area (Å²) in [4.78, 5) is 0. The molecule has 0 spiro atoms. The molecule has 0 amide bonds. The number of hydrogen-bond donors (Lipinski definition) is 1. The van der Waals surface area contributed by atoms with E-state index in [-0.39, 0.29) is 0 Å². The first kappa shape index (κ1) is 17.2. The molecule has 1 nitrogen and oxygen atoms in total. The molecule has 2 rings (SSSR count). The highest BCUT2D eigenvalue weighted by atomic mass is 127. The Morgan fingerprint density at radius 3 is 2.65 bits per heavy atom. The maximum absolute atomic E-state index is 7.67. The van der Waals surface area contributed by atoms with Gasteiger partial charge >= 0.3 is 0 Å². The summed E-state index contributed by atoms with van der Waals surface area (Å²) in [6.45, 7) is 0. The second-order valence-corrected chi connectivity index (χ2v) is 9.44. The van der Waals surface area contributed by atoms with Gasteiger partial charge in [0.15, 0.2) is 0 Å². The van der Waals surface area contributed by atoms with Gasteiger partial charge in [0.05, 0.1) is 3.72 Å². The molecule has 4 unspecified atom stereocenters. The number of nitrogens with one attached hydrogen (secondary N) is 1. The van der Waals surface area contributed by atoms with E-state index >= 15 is 0 Å². The summed E-state index contributed by atoms with van der Waals surface area (Å²) in [7, 11) is 0. The molecule has 1 fully saturated rings. The maximum Gasteiger partial charge on any atom is 0.0694 e. The van der Waals surface area contributed by atoms with E-state index in [2.05, 4.69) is 57.3 Å². The van der Waals surface area contributed by atoms with Gasteiger partial charge in [-0.05, 0) is 91.7 Å². The second-order valence-electron chi connectivity index (χ2n) is 6.54. The molecule has 2 aliphatic carbocycles. The van der Waals surface area contributed by atoms with Crippen LogP contribution in [0.3, 0.4) is 0 Å². The fourth-order valence-corrected chi connectivity index (χ4v) is 5.63. The molecule has 20 heavy (non-hydrogen) atoms. The van der Waals surface area contributed by atoms with Crippen molar-refractivity contribution in [3.8, 4) is 0 Å². The van der Waals surface area contributed by atoms with Gasteiger partial charge in [-0.3, -0.25) is 5.41 Å². The lowest BCUT2D eigenvalue weighted by Gasteiger charge is -2.36. The SMILES string of the molecule is N=C(I)CCC1CCCC(I)C1CCC1CC=CCC1. The molecule has 1 N–H and O–H groups in total. The normalized spacial score (nSPS) is 34.1. The Hall–Kier alpha value is 0.870. The van der Waals surface area contributed by atoms with Crippen molar-refractivity contribution in [1.82, 2.24) is 0 Å². The summed E-state index contributed by atoms with van der Waals surface area (Å²) >= 11 is 4.90. The second kappa shape index (κ2) is 9.11. The number of allylic oxidation sites excluding steroid dienone is 2. The molecule has 4 atom stereocenters. The third kappa shape index (κ3) is 5.58. The van der Waals surface area contributed by atoms with E-state index < -0.39 is 0 Å². The predicted octanol–water partition coefficient (Wildman–Crippen LogP) is 6.54. The third-order valence-electron chi connectivity index (χ3n) is 5.15. The first-order chi connectivity index (χ1) is 9.66. The molecule has 0 heterocycles. The van der Waals surface area contributed by atoms with Gasteiger partial charge in [0, 0.05) is 3.92 Å². The molecule has 0 radical (unpaired) electrons. The van der Waals surface area contributed by atoms with Crippen LogP contribution in [0, 0.1) is 23.2 Å². The average Bonchev–Trinajstić information content (AvgIpc) is 2.45. The molecular formula is C17H27I2N. The van der Waals surface area contributed by atoms with Crippen molar-refractivity contribution in [2.45, 2.75) is 68.1 Å². The van der Waals surface area contributed by atoms with Gasteiger partial charge in [-0.2, -0.15) is 0 Å². The number of halogens is 2. The van der Waals surface area contributed by atoms with Crippen LogP contribution in [0.25, 0.3) is 0 Å². The van der Waals surface area contributed by atoms with E-state index in [0.29, 0.717) is 0 Å². The van der Waals surface area contributed by atoms with Crippen LogP contribution < -0.4 is 0 Å². The molecule has 1 saturated carbocycles. The van der Waals surface area contributed by atoms with Crippen molar-refractivity contribution >= 4 is 48.9 Å².